The number of nitrogens with zero attached hydrogens (tertiary/aromatic N) is 3. The molecule has 0 spiro atoms. The second kappa shape index (κ2) is 9.35. The van der Waals surface area contributed by atoms with Crippen molar-refractivity contribution in [3.8, 4) is 6.13 Å². The molecule has 0 amide bonds. The van der Waals surface area contributed by atoms with Crippen LogP contribution in [0.5, 0.6) is 0 Å². The average molecular weight is 303 g/mol. The second-order valence-corrected chi connectivity index (χ2v) is 8.32. The van der Waals surface area contributed by atoms with Crippen LogP contribution in [0.1, 0.15) is 6.42 Å². The molecule has 0 saturated carbocycles. The Bertz CT molecular complexity index is 327. The van der Waals surface area contributed by atoms with Gasteiger partial charge in [-0.1, -0.05) is 0 Å². The molecular weight excluding hydrogens is 279 g/mol. The SMILES string of the molecule is C#[P+]CN1CN(CCCP=C)CN(C[P+](=C)C)C1. The molecule has 1 unspecified atom stereocenters. The summed E-state index contributed by atoms with van der Waals surface area (Å²) in [6.07, 6.45) is 18.2. The van der Waals surface area contributed by atoms with Crippen molar-refractivity contribution in [2.24, 2.45) is 0 Å². The van der Waals surface area contributed by atoms with E-state index in [2.05, 4.69) is 34.0 Å². The normalized spacial score (nSPS) is 20.1. The molecule has 0 aromatic heterocycles. The predicted octanol–water partition coefficient (Wildman–Crippen LogP) is 2.54. The van der Waals surface area contributed by atoms with Crippen LogP contribution in [0.15, 0.2) is 0 Å². The Kier molecular flexibility index (Phi) is 8.56. The molecule has 1 aliphatic heterocycles. The van der Waals surface area contributed by atoms with Crippen LogP contribution in [-0.2, 0) is 0 Å². The molecule has 18 heavy (non-hydrogen) atoms. The summed E-state index contributed by atoms with van der Waals surface area (Å²) in [5.41, 5.74) is 0. The third-order valence-corrected chi connectivity index (χ3v) is 4.79. The number of hydrogen-bond acceptors (Lipinski definition) is 3. The Hall–Kier alpha value is 0.430. The third kappa shape index (κ3) is 6.55. The monoisotopic (exact) mass is 303 g/mol. The van der Waals surface area contributed by atoms with Crippen molar-refractivity contribution in [1.82, 2.24) is 14.7 Å². The summed E-state index contributed by atoms with van der Waals surface area (Å²) in [6.45, 7) is 6.56. The second-order valence-electron chi connectivity index (χ2n) is 4.78. The fourth-order valence-electron chi connectivity index (χ4n) is 2.17. The van der Waals surface area contributed by atoms with Crippen LogP contribution in [0.2, 0.25) is 0 Å². The molecule has 1 rings (SSSR count). The number of rotatable bonds is 7. The van der Waals surface area contributed by atoms with Gasteiger partial charge in [0.15, 0.2) is 0 Å². The zero-order valence-corrected chi connectivity index (χ0v) is 14.0. The van der Waals surface area contributed by atoms with E-state index in [9.17, 15) is 0 Å². The van der Waals surface area contributed by atoms with E-state index in [0.29, 0.717) is 0 Å². The Balaban J connectivity index is 2.48. The van der Waals surface area contributed by atoms with E-state index in [-0.39, 0.29) is 7.55 Å². The fourth-order valence-corrected chi connectivity index (χ4v) is 3.80. The molecule has 0 aromatic rings. The van der Waals surface area contributed by atoms with Crippen LogP contribution in [0.4, 0.5) is 0 Å². The van der Waals surface area contributed by atoms with Crippen molar-refractivity contribution < 1.29 is 0 Å². The molecule has 1 heterocycles. The van der Waals surface area contributed by atoms with E-state index in [1.807, 2.05) is 0 Å². The summed E-state index contributed by atoms with van der Waals surface area (Å²) in [6, 6.07) is 0. The summed E-state index contributed by atoms with van der Waals surface area (Å²) in [4.78, 5) is 7.43. The van der Waals surface area contributed by atoms with Gasteiger partial charge >= 0.3 is 116 Å². The Morgan fingerprint density at radius 3 is 2.56 bits per heavy atom. The van der Waals surface area contributed by atoms with Crippen molar-refractivity contribution in [1.29, 1.82) is 0 Å². The van der Waals surface area contributed by atoms with Gasteiger partial charge in [0.2, 0.25) is 0 Å². The average Bonchev–Trinajstić information content (AvgIpc) is 2.28. The Labute approximate surface area is 116 Å². The van der Waals surface area contributed by atoms with Gasteiger partial charge in [-0.3, -0.25) is 0 Å². The van der Waals surface area contributed by atoms with Gasteiger partial charge in [0.05, 0.1) is 0 Å². The zero-order valence-electron chi connectivity index (χ0n) is 11.3. The third-order valence-electron chi connectivity index (χ3n) is 2.71. The molecule has 6 heteroatoms. The van der Waals surface area contributed by atoms with Crippen LogP contribution in [0.3, 0.4) is 0 Å². The fraction of sp³-hybridized carbons (Fsp3) is 0.750. The Morgan fingerprint density at radius 2 is 1.94 bits per heavy atom. The van der Waals surface area contributed by atoms with Gasteiger partial charge < -0.3 is 0 Å². The quantitative estimate of drug-likeness (QED) is 0.528. The maximum absolute atomic E-state index is 5.65. The van der Waals surface area contributed by atoms with Crippen molar-refractivity contribution in [2.45, 2.75) is 6.42 Å². The topological polar surface area (TPSA) is 9.72 Å². The van der Waals surface area contributed by atoms with Crippen LogP contribution < -0.4 is 0 Å². The summed E-state index contributed by atoms with van der Waals surface area (Å²) >= 11 is 0. The first-order chi connectivity index (χ1) is 8.65. The van der Waals surface area contributed by atoms with Crippen molar-refractivity contribution >= 4 is 36.4 Å². The van der Waals surface area contributed by atoms with Gasteiger partial charge in [-0.15, -0.1) is 0 Å². The molecule has 0 radical (unpaired) electrons. The van der Waals surface area contributed by atoms with Crippen LogP contribution in [0.25, 0.3) is 0 Å². The van der Waals surface area contributed by atoms with Crippen LogP contribution >= 0.6 is 23.8 Å². The summed E-state index contributed by atoms with van der Waals surface area (Å²) in [5.74, 6) is 0. The zero-order chi connectivity index (χ0) is 13.4. The standard InChI is InChI=1S/C12H24N3P3/c1-16-7-5-6-13-8-14(11-17-2)10-15(9-13)12-18(3)4/h2H,1,3,5-12H2,4H3/q+2. The first kappa shape index (κ1) is 16.5. The summed E-state index contributed by atoms with van der Waals surface area (Å²) in [7, 11) is 2.11. The molecule has 1 saturated heterocycles. The van der Waals surface area contributed by atoms with Crippen LogP contribution in [0, 0.1) is 6.13 Å². The van der Waals surface area contributed by atoms with E-state index in [4.69, 9.17) is 6.13 Å². The predicted molar refractivity (Wildman–Crippen MR) is 90.1 cm³/mol. The molecule has 1 fully saturated rings. The molecule has 0 bridgehead atoms. The van der Waals surface area contributed by atoms with E-state index < -0.39 is 0 Å². The molecular formula is C12H24N3P3+2. The van der Waals surface area contributed by atoms with Gasteiger partial charge in [0, 0.05) is 0 Å². The first-order valence-electron chi connectivity index (χ1n) is 6.13. The Morgan fingerprint density at radius 1 is 1.28 bits per heavy atom. The van der Waals surface area contributed by atoms with Gasteiger partial charge in [-0.25, -0.2) is 0 Å². The van der Waals surface area contributed by atoms with Crippen molar-refractivity contribution in [2.75, 3.05) is 51.9 Å². The molecule has 3 nitrogen and oxygen atoms in total. The molecule has 100 valence electrons. The molecule has 0 aliphatic carbocycles. The molecule has 0 N–H and O–H groups in total. The van der Waals surface area contributed by atoms with Crippen molar-refractivity contribution in [3.05, 3.63) is 0 Å². The minimum atomic E-state index is -0.109. The van der Waals surface area contributed by atoms with Gasteiger partial charge in [-0.05, 0) is 0 Å². The number of hydrogen-bond donors (Lipinski definition) is 0. The molecule has 1 aliphatic rings. The van der Waals surface area contributed by atoms with Crippen LogP contribution in [-0.4, -0.2) is 79.2 Å². The van der Waals surface area contributed by atoms with E-state index in [0.717, 1.165) is 47.2 Å². The van der Waals surface area contributed by atoms with E-state index >= 15 is 0 Å². The van der Waals surface area contributed by atoms with Crippen molar-refractivity contribution in [3.63, 3.8) is 0 Å². The van der Waals surface area contributed by atoms with Gasteiger partial charge in [0.1, 0.15) is 0 Å². The van der Waals surface area contributed by atoms with E-state index in [1.165, 1.54) is 20.8 Å². The molecule has 1 atom stereocenters. The molecule has 0 aromatic carbocycles. The maximum atomic E-state index is 5.65. The van der Waals surface area contributed by atoms with E-state index in [1.54, 1.807) is 0 Å². The minimum absolute atomic E-state index is 0.109. The first-order valence-corrected chi connectivity index (χ1v) is 10.7. The van der Waals surface area contributed by atoms with Gasteiger partial charge in [0.25, 0.3) is 0 Å². The summed E-state index contributed by atoms with van der Waals surface area (Å²) in [5, 5.41) is 0. The van der Waals surface area contributed by atoms with Gasteiger partial charge in [-0.2, -0.15) is 0 Å². The summed E-state index contributed by atoms with van der Waals surface area (Å²) < 4.78 is 0.